The molecule has 2 aromatic carbocycles. The van der Waals surface area contributed by atoms with Gasteiger partial charge in [0.15, 0.2) is 0 Å². The van der Waals surface area contributed by atoms with E-state index < -0.39 is 0 Å². The lowest BCUT2D eigenvalue weighted by molar-refractivity contribution is -0.386. The summed E-state index contributed by atoms with van der Waals surface area (Å²) in [6.07, 6.45) is 3.92. The van der Waals surface area contributed by atoms with Gasteiger partial charge in [0.05, 0.1) is 4.92 Å². The lowest BCUT2D eigenvalue weighted by atomic mass is 9.76. The second-order valence-electron chi connectivity index (χ2n) is 8.07. The Labute approximate surface area is 184 Å². The first-order valence-electron chi connectivity index (χ1n) is 10.2. The average molecular weight is 432 g/mol. The highest BCUT2D eigenvalue weighted by atomic mass is 35.5. The Hall–Kier alpha value is -2.44. The Morgan fingerprint density at radius 3 is 2.40 bits per heavy atom. The molecular weight excluding hydrogens is 402 g/mol. The van der Waals surface area contributed by atoms with Gasteiger partial charge in [0.25, 0.3) is 11.6 Å². The van der Waals surface area contributed by atoms with Gasteiger partial charge in [-0.15, -0.1) is 12.4 Å². The number of hydrogen-bond acceptors (Lipinski definition) is 4. The van der Waals surface area contributed by atoms with Crippen LogP contribution >= 0.6 is 12.4 Å². The van der Waals surface area contributed by atoms with Crippen molar-refractivity contribution in [2.75, 3.05) is 14.1 Å². The standard InChI is InChI=1S/C23H29N3O3.ClH/c1-16-10-4-5-11-17(16)23(27)24-20-14-8-6-12-18(20)22(25(2)3)19-13-7-9-15-21(19)26(28)29;/h4-5,7,9-11,13,15,18,20,22H,6,8,12,14H2,1-3H3,(H,24,27);1H. The predicted octanol–water partition coefficient (Wildman–Crippen LogP) is 4.92. The Balaban J connectivity index is 0.00000320. The van der Waals surface area contributed by atoms with Crippen molar-refractivity contribution in [3.8, 4) is 0 Å². The number of aryl methyl sites for hydroxylation is 1. The second kappa shape index (κ2) is 10.5. The van der Waals surface area contributed by atoms with E-state index in [1.54, 1.807) is 12.1 Å². The molecule has 0 radical (unpaired) electrons. The van der Waals surface area contributed by atoms with Crippen molar-refractivity contribution in [1.82, 2.24) is 10.2 Å². The van der Waals surface area contributed by atoms with Crippen molar-refractivity contribution in [2.45, 2.75) is 44.7 Å². The number of para-hydroxylation sites is 1. The van der Waals surface area contributed by atoms with Crippen LogP contribution < -0.4 is 5.32 Å². The van der Waals surface area contributed by atoms with E-state index in [1.165, 1.54) is 0 Å². The van der Waals surface area contributed by atoms with Crippen molar-refractivity contribution in [1.29, 1.82) is 0 Å². The predicted molar refractivity (Wildman–Crippen MR) is 121 cm³/mol. The number of amides is 1. The Morgan fingerprint density at radius 1 is 1.10 bits per heavy atom. The molecule has 6 nitrogen and oxygen atoms in total. The highest BCUT2D eigenvalue weighted by Crippen LogP contribution is 2.40. The lowest BCUT2D eigenvalue weighted by Gasteiger charge is -2.40. The van der Waals surface area contributed by atoms with Gasteiger partial charge in [0.2, 0.25) is 0 Å². The molecule has 1 N–H and O–H groups in total. The van der Waals surface area contributed by atoms with Gasteiger partial charge in [-0.1, -0.05) is 49.2 Å². The van der Waals surface area contributed by atoms with Gasteiger partial charge in [-0.2, -0.15) is 0 Å². The van der Waals surface area contributed by atoms with E-state index in [-0.39, 0.29) is 46.9 Å². The van der Waals surface area contributed by atoms with Crippen LogP contribution in [0.4, 0.5) is 5.69 Å². The molecule has 3 rings (SSSR count). The maximum Gasteiger partial charge on any atom is 0.274 e. The number of hydrogen-bond donors (Lipinski definition) is 1. The van der Waals surface area contributed by atoms with Crippen LogP contribution in [0.3, 0.4) is 0 Å². The van der Waals surface area contributed by atoms with Crippen molar-refractivity contribution in [3.05, 3.63) is 75.3 Å². The Morgan fingerprint density at radius 2 is 1.73 bits per heavy atom. The molecule has 0 spiro atoms. The number of carbonyl (C=O) groups excluding carboxylic acids is 1. The normalized spacial score (nSPS) is 19.6. The minimum absolute atomic E-state index is 0. The largest absolute Gasteiger partial charge is 0.349 e. The number of halogens is 1. The molecule has 0 heterocycles. The minimum Gasteiger partial charge on any atom is -0.349 e. The zero-order chi connectivity index (χ0) is 21.0. The fraction of sp³-hybridized carbons (Fsp3) is 0.435. The first-order chi connectivity index (χ1) is 13.9. The summed E-state index contributed by atoms with van der Waals surface area (Å²) in [4.78, 5) is 26.3. The van der Waals surface area contributed by atoms with E-state index in [4.69, 9.17) is 0 Å². The quantitative estimate of drug-likeness (QED) is 0.520. The summed E-state index contributed by atoms with van der Waals surface area (Å²) < 4.78 is 0. The number of nitro benzene ring substituents is 1. The molecule has 30 heavy (non-hydrogen) atoms. The molecule has 3 atom stereocenters. The molecule has 1 saturated carbocycles. The zero-order valence-corrected chi connectivity index (χ0v) is 18.5. The molecule has 0 saturated heterocycles. The van der Waals surface area contributed by atoms with Gasteiger partial charge in [-0.05, 0) is 51.4 Å². The number of benzene rings is 2. The van der Waals surface area contributed by atoms with E-state index in [2.05, 4.69) is 5.32 Å². The smallest absolute Gasteiger partial charge is 0.274 e. The van der Waals surface area contributed by atoms with Crippen molar-refractivity contribution >= 4 is 24.0 Å². The van der Waals surface area contributed by atoms with Gasteiger partial charge in [0, 0.05) is 29.3 Å². The summed E-state index contributed by atoms with van der Waals surface area (Å²) in [5.41, 5.74) is 2.48. The summed E-state index contributed by atoms with van der Waals surface area (Å²) in [7, 11) is 3.91. The zero-order valence-electron chi connectivity index (χ0n) is 17.7. The summed E-state index contributed by atoms with van der Waals surface area (Å²) >= 11 is 0. The van der Waals surface area contributed by atoms with Gasteiger partial charge in [-0.3, -0.25) is 14.9 Å². The fourth-order valence-electron chi connectivity index (χ4n) is 4.59. The van der Waals surface area contributed by atoms with E-state index >= 15 is 0 Å². The summed E-state index contributed by atoms with van der Waals surface area (Å²) in [6.45, 7) is 1.93. The van der Waals surface area contributed by atoms with Crippen LogP contribution in [0.5, 0.6) is 0 Å². The molecule has 1 aliphatic carbocycles. The fourth-order valence-corrected chi connectivity index (χ4v) is 4.59. The van der Waals surface area contributed by atoms with Gasteiger partial charge in [0.1, 0.15) is 0 Å². The minimum atomic E-state index is -0.310. The molecule has 162 valence electrons. The van der Waals surface area contributed by atoms with E-state index in [0.29, 0.717) is 11.1 Å². The summed E-state index contributed by atoms with van der Waals surface area (Å²) in [5.74, 6) is 0.0351. The van der Waals surface area contributed by atoms with Crippen LogP contribution in [0.25, 0.3) is 0 Å². The number of nitro groups is 1. The molecule has 2 aromatic rings. The highest BCUT2D eigenvalue weighted by Gasteiger charge is 2.37. The van der Waals surface area contributed by atoms with Crippen molar-refractivity contribution in [2.24, 2.45) is 5.92 Å². The molecule has 3 unspecified atom stereocenters. The van der Waals surface area contributed by atoms with Crippen molar-refractivity contribution in [3.63, 3.8) is 0 Å². The van der Waals surface area contributed by atoms with Crippen LogP contribution in [0.1, 0.15) is 53.2 Å². The molecule has 0 aromatic heterocycles. The third kappa shape index (κ3) is 5.18. The molecule has 0 bridgehead atoms. The van der Waals surface area contributed by atoms with Gasteiger partial charge in [-0.25, -0.2) is 0 Å². The molecule has 1 amide bonds. The monoisotopic (exact) mass is 431 g/mol. The number of nitrogens with zero attached hydrogens (tertiary/aromatic N) is 2. The first kappa shape index (κ1) is 23.8. The molecule has 1 aliphatic rings. The molecule has 0 aliphatic heterocycles. The number of rotatable bonds is 6. The van der Waals surface area contributed by atoms with Crippen LogP contribution in [0.15, 0.2) is 48.5 Å². The first-order valence-corrected chi connectivity index (χ1v) is 10.2. The second-order valence-corrected chi connectivity index (χ2v) is 8.07. The van der Waals surface area contributed by atoms with E-state index in [0.717, 1.165) is 31.2 Å². The van der Waals surface area contributed by atoms with Crippen molar-refractivity contribution < 1.29 is 9.72 Å². The van der Waals surface area contributed by atoms with E-state index in [1.807, 2.05) is 62.3 Å². The molecule has 7 heteroatoms. The third-order valence-corrected chi connectivity index (χ3v) is 5.94. The van der Waals surface area contributed by atoms with Crippen LogP contribution in [-0.4, -0.2) is 35.9 Å². The van der Waals surface area contributed by atoms with E-state index in [9.17, 15) is 14.9 Å². The van der Waals surface area contributed by atoms with Crippen LogP contribution in [0, 0.1) is 23.0 Å². The van der Waals surface area contributed by atoms with Crippen LogP contribution in [0.2, 0.25) is 0 Å². The van der Waals surface area contributed by atoms with Gasteiger partial charge >= 0.3 is 0 Å². The summed E-state index contributed by atoms with van der Waals surface area (Å²) in [6, 6.07) is 14.4. The maximum atomic E-state index is 13.0. The summed E-state index contributed by atoms with van der Waals surface area (Å²) in [5, 5.41) is 14.9. The maximum absolute atomic E-state index is 13.0. The van der Waals surface area contributed by atoms with Crippen LogP contribution in [-0.2, 0) is 0 Å². The van der Waals surface area contributed by atoms with Gasteiger partial charge < -0.3 is 10.2 Å². The highest BCUT2D eigenvalue weighted by molar-refractivity contribution is 5.95. The average Bonchev–Trinajstić information content (AvgIpc) is 2.69. The SMILES string of the molecule is Cc1ccccc1C(=O)NC1CCCCC1C(c1ccccc1[N+](=O)[O-])N(C)C.Cl. The topological polar surface area (TPSA) is 75.5 Å². The number of carbonyl (C=O) groups is 1. The number of nitrogens with one attached hydrogen (secondary N) is 1. The molecular formula is C23H30ClN3O3. The lowest BCUT2D eigenvalue weighted by Crippen LogP contribution is -2.47. The Bertz CT molecular complexity index is 888. The Kier molecular flexibility index (Phi) is 8.38. The third-order valence-electron chi connectivity index (χ3n) is 5.94. The molecule has 1 fully saturated rings.